The smallest absolute Gasteiger partial charge is 0.119 e. The van der Waals surface area contributed by atoms with Crippen LogP contribution in [0.3, 0.4) is 0 Å². The number of rotatable bonds is 4. The number of nitrogens with one attached hydrogen (secondary N) is 1. The molecule has 1 atom stereocenters. The highest BCUT2D eigenvalue weighted by Crippen LogP contribution is 2.24. The maximum atomic E-state index is 5.23. The van der Waals surface area contributed by atoms with E-state index < -0.39 is 0 Å². The van der Waals surface area contributed by atoms with Crippen molar-refractivity contribution >= 4 is 11.8 Å². The molecule has 1 fully saturated rings. The second-order valence-corrected chi connectivity index (χ2v) is 5.42. The molecule has 0 bridgehead atoms. The Morgan fingerprint density at radius 1 is 1.50 bits per heavy atom. The second kappa shape index (κ2) is 6.16. The summed E-state index contributed by atoms with van der Waals surface area (Å²) in [4.78, 5) is 0. The van der Waals surface area contributed by atoms with E-state index in [0.29, 0.717) is 0 Å². The van der Waals surface area contributed by atoms with Crippen molar-refractivity contribution in [3.63, 3.8) is 0 Å². The molecule has 0 radical (unpaired) electrons. The second-order valence-electron chi connectivity index (χ2n) is 4.13. The minimum atomic E-state index is 0.778. The first-order chi connectivity index (χ1) is 7.88. The van der Waals surface area contributed by atoms with E-state index in [0.717, 1.165) is 23.3 Å². The van der Waals surface area contributed by atoms with Gasteiger partial charge in [0, 0.05) is 17.5 Å². The van der Waals surface area contributed by atoms with Gasteiger partial charge in [-0.1, -0.05) is 12.1 Å². The molecule has 1 aromatic rings. The van der Waals surface area contributed by atoms with Gasteiger partial charge in [-0.15, -0.1) is 0 Å². The highest BCUT2D eigenvalue weighted by Gasteiger charge is 2.12. The fourth-order valence-corrected chi connectivity index (χ4v) is 3.12. The van der Waals surface area contributed by atoms with Crippen LogP contribution in [0.15, 0.2) is 24.3 Å². The van der Waals surface area contributed by atoms with Gasteiger partial charge in [-0.3, -0.25) is 0 Å². The molecule has 1 N–H and O–H groups in total. The number of methoxy groups -OCH3 is 1. The predicted octanol–water partition coefficient (Wildman–Crippen LogP) is 2.68. The Morgan fingerprint density at radius 3 is 3.19 bits per heavy atom. The molecule has 0 aliphatic carbocycles. The van der Waals surface area contributed by atoms with Gasteiger partial charge in [-0.25, -0.2) is 0 Å². The number of piperidine rings is 1. The number of hydrogen-bond acceptors (Lipinski definition) is 3. The highest BCUT2D eigenvalue weighted by atomic mass is 32.2. The molecule has 3 heteroatoms. The van der Waals surface area contributed by atoms with Gasteiger partial charge >= 0.3 is 0 Å². The first-order valence-electron chi connectivity index (χ1n) is 5.84. The normalized spacial score (nSPS) is 20.7. The average molecular weight is 237 g/mol. The van der Waals surface area contributed by atoms with E-state index in [1.54, 1.807) is 7.11 Å². The van der Waals surface area contributed by atoms with Crippen LogP contribution in [0.4, 0.5) is 0 Å². The van der Waals surface area contributed by atoms with Crippen molar-refractivity contribution in [2.75, 3.05) is 20.2 Å². The van der Waals surface area contributed by atoms with Gasteiger partial charge < -0.3 is 10.1 Å². The molecular formula is C13H19NOS. The zero-order valence-electron chi connectivity index (χ0n) is 9.74. The molecule has 0 saturated carbocycles. The number of hydrogen-bond donors (Lipinski definition) is 1. The third-order valence-corrected chi connectivity index (χ3v) is 4.25. The number of benzene rings is 1. The van der Waals surface area contributed by atoms with Crippen molar-refractivity contribution in [2.45, 2.75) is 23.8 Å². The van der Waals surface area contributed by atoms with E-state index in [1.165, 1.54) is 24.9 Å². The van der Waals surface area contributed by atoms with Gasteiger partial charge in [0.25, 0.3) is 0 Å². The van der Waals surface area contributed by atoms with E-state index in [2.05, 4.69) is 35.3 Å². The molecule has 1 aromatic carbocycles. The van der Waals surface area contributed by atoms with Crippen LogP contribution in [0.25, 0.3) is 0 Å². The molecule has 2 nitrogen and oxygen atoms in total. The summed E-state index contributed by atoms with van der Waals surface area (Å²) in [6, 6.07) is 8.36. The van der Waals surface area contributed by atoms with Crippen LogP contribution in [-0.2, 0) is 5.75 Å². The van der Waals surface area contributed by atoms with Crippen molar-refractivity contribution < 1.29 is 4.74 Å². The van der Waals surface area contributed by atoms with Gasteiger partial charge in [-0.2, -0.15) is 11.8 Å². The molecule has 0 amide bonds. The average Bonchev–Trinajstić information content (AvgIpc) is 2.38. The van der Waals surface area contributed by atoms with Gasteiger partial charge in [-0.05, 0) is 37.1 Å². The summed E-state index contributed by atoms with van der Waals surface area (Å²) < 4.78 is 5.23. The van der Waals surface area contributed by atoms with Gasteiger partial charge in [0.1, 0.15) is 5.75 Å². The van der Waals surface area contributed by atoms with E-state index in [-0.39, 0.29) is 0 Å². The first kappa shape index (κ1) is 11.8. The third-order valence-electron chi connectivity index (χ3n) is 2.87. The Bertz CT molecular complexity index is 323. The Kier molecular flexibility index (Phi) is 4.55. The lowest BCUT2D eigenvalue weighted by Gasteiger charge is -2.22. The molecule has 1 unspecified atom stereocenters. The summed E-state index contributed by atoms with van der Waals surface area (Å²) in [5, 5.41) is 4.23. The Morgan fingerprint density at radius 2 is 2.44 bits per heavy atom. The molecule has 0 aromatic heterocycles. The minimum absolute atomic E-state index is 0.778. The summed E-state index contributed by atoms with van der Waals surface area (Å²) in [7, 11) is 1.72. The topological polar surface area (TPSA) is 21.3 Å². The molecule has 0 spiro atoms. The number of ether oxygens (including phenoxy) is 1. The zero-order valence-corrected chi connectivity index (χ0v) is 10.6. The molecular weight excluding hydrogens is 218 g/mol. The minimum Gasteiger partial charge on any atom is -0.497 e. The van der Waals surface area contributed by atoms with Crippen molar-refractivity contribution in [3.8, 4) is 5.75 Å². The largest absolute Gasteiger partial charge is 0.497 e. The van der Waals surface area contributed by atoms with Crippen LogP contribution in [0, 0.1) is 0 Å². The fourth-order valence-electron chi connectivity index (χ4n) is 1.94. The lowest BCUT2D eigenvalue weighted by molar-refractivity contribution is 0.414. The standard InChI is InChI=1S/C13H19NOS/c1-15-12-5-2-4-11(8-12)10-16-13-6-3-7-14-9-13/h2,4-5,8,13-14H,3,6-7,9-10H2,1H3. The third kappa shape index (κ3) is 3.42. The van der Waals surface area contributed by atoms with Crippen molar-refractivity contribution in [1.82, 2.24) is 5.32 Å². The van der Waals surface area contributed by atoms with Crippen LogP contribution in [0.1, 0.15) is 18.4 Å². The predicted molar refractivity (Wildman–Crippen MR) is 70.2 cm³/mol. The summed E-state index contributed by atoms with van der Waals surface area (Å²) in [5.74, 6) is 2.05. The maximum absolute atomic E-state index is 5.23. The van der Waals surface area contributed by atoms with Crippen LogP contribution in [0.2, 0.25) is 0 Å². The fraction of sp³-hybridized carbons (Fsp3) is 0.538. The molecule has 1 aliphatic rings. The zero-order chi connectivity index (χ0) is 11.2. The Labute approximate surface area is 102 Å². The Balaban J connectivity index is 1.83. The lowest BCUT2D eigenvalue weighted by atomic mass is 10.2. The monoisotopic (exact) mass is 237 g/mol. The molecule has 88 valence electrons. The highest BCUT2D eigenvalue weighted by molar-refractivity contribution is 7.99. The van der Waals surface area contributed by atoms with Crippen LogP contribution in [-0.4, -0.2) is 25.4 Å². The van der Waals surface area contributed by atoms with Gasteiger partial charge in [0.05, 0.1) is 7.11 Å². The van der Waals surface area contributed by atoms with Crippen molar-refractivity contribution in [1.29, 1.82) is 0 Å². The molecule has 2 rings (SSSR count). The SMILES string of the molecule is COc1cccc(CSC2CCCNC2)c1. The van der Waals surface area contributed by atoms with Crippen molar-refractivity contribution in [3.05, 3.63) is 29.8 Å². The molecule has 1 aliphatic heterocycles. The molecule has 16 heavy (non-hydrogen) atoms. The molecule has 1 saturated heterocycles. The van der Waals surface area contributed by atoms with Crippen LogP contribution in [0.5, 0.6) is 5.75 Å². The summed E-state index contributed by atoms with van der Waals surface area (Å²) in [6.07, 6.45) is 2.66. The lowest BCUT2D eigenvalue weighted by Crippen LogP contribution is -2.31. The summed E-state index contributed by atoms with van der Waals surface area (Å²) in [6.45, 7) is 2.35. The summed E-state index contributed by atoms with van der Waals surface area (Å²) in [5.41, 5.74) is 1.36. The van der Waals surface area contributed by atoms with Gasteiger partial charge in [0.2, 0.25) is 0 Å². The van der Waals surface area contributed by atoms with E-state index in [4.69, 9.17) is 4.74 Å². The van der Waals surface area contributed by atoms with E-state index >= 15 is 0 Å². The van der Waals surface area contributed by atoms with E-state index in [9.17, 15) is 0 Å². The van der Waals surface area contributed by atoms with Crippen LogP contribution >= 0.6 is 11.8 Å². The maximum Gasteiger partial charge on any atom is 0.119 e. The Hall–Kier alpha value is -0.670. The molecule has 1 heterocycles. The van der Waals surface area contributed by atoms with Gasteiger partial charge in [0.15, 0.2) is 0 Å². The van der Waals surface area contributed by atoms with Crippen LogP contribution < -0.4 is 10.1 Å². The van der Waals surface area contributed by atoms with E-state index in [1.807, 2.05) is 6.07 Å². The number of thioether (sulfide) groups is 1. The first-order valence-corrected chi connectivity index (χ1v) is 6.88. The quantitative estimate of drug-likeness (QED) is 0.870. The van der Waals surface area contributed by atoms with Crippen molar-refractivity contribution in [2.24, 2.45) is 0 Å². The summed E-state index contributed by atoms with van der Waals surface area (Å²) >= 11 is 2.05.